The predicted octanol–water partition coefficient (Wildman–Crippen LogP) is 1.57. The van der Waals surface area contributed by atoms with Crippen LogP contribution in [0.15, 0.2) is 0 Å². The third kappa shape index (κ3) is 3.29. The molecule has 0 atom stereocenters. The van der Waals surface area contributed by atoms with E-state index >= 15 is 0 Å². The lowest BCUT2D eigenvalue weighted by Gasteiger charge is -2.40. The van der Waals surface area contributed by atoms with Crippen molar-refractivity contribution in [1.82, 2.24) is 0 Å². The van der Waals surface area contributed by atoms with Crippen molar-refractivity contribution in [3.63, 3.8) is 0 Å². The smallest absolute Gasteiger partial charge is 0.302 e. The van der Waals surface area contributed by atoms with E-state index in [0.29, 0.717) is 0 Å². The molecule has 1 heterocycles. The van der Waals surface area contributed by atoms with E-state index in [9.17, 15) is 4.79 Å². The molecule has 0 aliphatic carbocycles. The van der Waals surface area contributed by atoms with Gasteiger partial charge in [0.1, 0.15) is 6.10 Å². The van der Waals surface area contributed by atoms with Crippen LogP contribution in [0.2, 0.25) is 0 Å². The quantitative estimate of drug-likeness (QED) is 0.510. The lowest BCUT2D eigenvalue weighted by molar-refractivity contribution is -0.915. The van der Waals surface area contributed by atoms with E-state index in [4.69, 9.17) is 4.74 Å². The van der Waals surface area contributed by atoms with E-state index in [2.05, 4.69) is 14.0 Å². The van der Waals surface area contributed by atoms with Crippen LogP contribution in [0.25, 0.3) is 0 Å². The molecule has 0 saturated carbocycles. The number of ether oxygens (including phenoxy) is 1. The molecule has 14 heavy (non-hydrogen) atoms. The maximum absolute atomic E-state index is 10.8. The third-order valence-electron chi connectivity index (χ3n) is 3.08. The highest BCUT2D eigenvalue weighted by molar-refractivity contribution is 5.66. The van der Waals surface area contributed by atoms with Crippen molar-refractivity contribution in [3.8, 4) is 0 Å². The standard InChI is InChI=1S/C11H22NO2/c1-4-7-12(3)8-5-11(6-9-12)14-10(2)13/h11H,4-9H2,1-3H3/q+1. The first-order valence-corrected chi connectivity index (χ1v) is 5.56. The van der Waals surface area contributed by atoms with Crippen LogP contribution in [0.3, 0.4) is 0 Å². The van der Waals surface area contributed by atoms with E-state index in [0.717, 1.165) is 30.4 Å². The SMILES string of the molecule is CCC[N+]1(C)CCC(OC(C)=O)CC1. The fourth-order valence-corrected chi connectivity index (χ4v) is 2.28. The average Bonchev–Trinajstić information content (AvgIpc) is 2.09. The Morgan fingerprint density at radius 3 is 2.43 bits per heavy atom. The number of carbonyl (C=O) groups is 1. The number of carbonyl (C=O) groups excluding carboxylic acids is 1. The van der Waals surface area contributed by atoms with Gasteiger partial charge in [0.15, 0.2) is 0 Å². The van der Waals surface area contributed by atoms with E-state index in [-0.39, 0.29) is 12.1 Å². The fourth-order valence-electron chi connectivity index (χ4n) is 2.28. The first-order chi connectivity index (χ1) is 6.56. The van der Waals surface area contributed by atoms with Gasteiger partial charge in [0.25, 0.3) is 0 Å². The van der Waals surface area contributed by atoms with Gasteiger partial charge in [0, 0.05) is 19.8 Å². The number of hydrogen-bond donors (Lipinski definition) is 0. The molecular formula is C11H22NO2+. The van der Waals surface area contributed by atoms with Crippen LogP contribution < -0.4 is 0 Å². The van der Waals surface area contributed by atoms with Gasteiger partial charge in [-0.25, -0.2) is 0 Å². The molecule has 1 saturated heterocycles. The van der Waals surface area contributed by atoms with Gasteiger partial charge in [0.2, 0.25) is 0 Å². The summed E-state index contributed by atoms with van der Waals surface area (Å²) in [6, 6.07) is 0. The second-order valence-corrected chi connectivity index (χ2v) is 4.60. The molecule has 1 aliphatic heterocycles. The molecule has 0 N–H and O–H groups in total. The maximum atomic E-state index is 10.8. The molecule has 1 fully saturated rings. The minimum Gasteiger partial charge on any atom is -0.462 e. The number of nitrogens with zero attached hydrogens (tertiary/aromatic N) is 1. The van der Waals surface area contributed by atoms with Crippen LogP contribution in [0.1, 0.15) is 33.1 Å². The van der Waals surface area contributed by atoms with Crippen molar-refractivity contribution in [2.45, 2.75) is 39.2 Å². The lowest BCUT2D eigenvalue weighted by atomic mass is 10.1. The average molecular weight is 200 g/mol. The molecule has 0 aromatic carbocycles. The monoisotopic (exact) mass is 200 g/mol. The molecule has 0 aromatic heterocycles. The molecule has 0 spiro atoms. The molecular weight excluding hydrogens is 178 g/mol. The van der Waals surface area contributed by atoms with Gasteiger partial charge in [0.05, 0.1) is 26.7 Å². The molecule has 0 aromatic rings. The maximum Gasteiger partial charge on any atom is 0.302 e. The topological polar surface area (TPSA) is 26.3 Å². The number of piperidine rings is 1. The zero-order valence-electron chi connectivity index (χ0n) is 9.58. The Morgan fingerprint density at radius 1 is 1.43 bits per heavy atom. The molecule has 0 bridgehead atoms. The summed E-state index contributed by atoms with van der Waals surface area (Å²) >= 11 is 0. The van der Waals surface area contributed by atoms with Crippen molar-refractivity contribution >= 4 is 5.97 Å². The van der Waals surface area contributed by atoms with Crippen LogP contribution in [0.4, 0.5) is 0 Å². The normalized spacial score (nSPS) is 32.6. The second-order valence-electron chi connectivity index (χ2n) is 4.60. The van der Waals surface area contributed by atoms with Crippen LogP contribution in [-0.4, -0.2) is 43.2 Å². The number of hydrogen-bond acceptors (Lipinski definition) is 2. The first-order valence-electron chi connectivity index (χ1n) is 5.56. The molecule has 1 rings (SSSR count). The van der Waals surface area contributed by atoms with Crippen molar-refractivity contribution in [3.05, 3.63) is 0 Å². The minimum absolute atomic E-state index is 0.137. The highest BCUT2D eigenvalue weighted by Crippen LogP contribution is 2.19. The second kappa shape index (κ2) is 4.78. The van der Waals surface area contributed by atoms with Crippen LogP contribution >= 0.6 is 0 Å². The van der Waals surface area contributed by atoms with Gasteiger partial charge in [-0.3, -0.25) is 4.79 Å². The summed E-state index contributed by atoms with van der Waals surface area (Å²) in [5.41, 5.74) is 0. The third-order valence-corrected chi connectivity index (χ3v) is 3.08. The van der Waals surface area contributed by atoms with Gasteiger partial charge >= 0.3 is 5.97 Å². The Morgan fingerprint density at radius 2 is 2.00 bits per heavy atom. The molecule has 0 unspecified atom stereocenters. The fraction of sp³-hybridized carbons (Fsp3) is 0.909. The summed E-state index contributed by atoms with van der Waals surface area (Å²) in [5.74, 6) is -0.137. The summed E-state index contributed by atoms with van der Waals surface area (Å²) < 4.78 is 6.36. The first kappa shape index (κ1) is 11.5. The molecule has 3 heteroatoms. The Labute approximate surface area is 86.6 Å². The van der Waals surface area contributed by atoms with Gasteiger partial charge in [-0.1, -0.05) is 6.92 Å². The predicted molar refractivity (Wildman–Crippen MR) is 55.9 cm³/mol. The Kier molecular flexibility index (Phi) is 3.93. The highest BCUT2D eigenvalue weighted by Gasteiger charge is 2.30. The lowest BCUT2D eigenvalue weighted by Crippen LogP contribution is -2.51. The molecule has 3 nitrogen and oxygen atoms in total. The van der Waals surface area contributed by atoms with Crippen LogP contribution in [0, 0.1) is 0 Å². The number of esters is 1. The molecule has 82 valence electrons. The van der Waals surface area contributed by atoms with Crippen molar-refractivity contribution in [1.29, 1.82) is 0 Å². The van der Waals surface area contributed by atoms with Gasteiger partial charge in [-0.15, -0.1) is 0 Å². The summed E-state index contributed by atoms with van der Waals surface area (Å²) in [7, 11) is 2.30. The largest absolute Gasteiger partial charge is 0.462 e. The Bertz CT molecular complexity index is 195. The molecule has 0 amide bonds. The molecule has 1 aliphatic rings. The number of quaternary nitrogens is 1. The van der Waals surface area contributed by atoms with Crippen LogP contribution in [-0.2, 0) is 9.53 Å². The zero-order chi connectivity index (χ0) is 10.6. The van der Waals surface area contributed by atoms with Gasteiger partial charge < -0.3 is 9.22 Å². The van der Waals surface area contributed by atoms with Crippen molar-refractivity contribution in [2.75, 3.05) is 26.7 Å². The minimum atomic E-state index is -0.137. The van der Waals surface area contributed by atoms with Crippen LogP contribution in [0.5, 0.6) is 0 Å². The molecule has 0 radical (unpaired) electrons. The number of likely N-dealkylation sites (tertiary alicyclic amines) is 1. The van der Waals surface area contributed by atoms with E-state index in [1.165, 1.54) is 19.9 Å². The Balaban J connectivity index is 2.33. The summed E-state index contributed by atoms with van der Waals surface area (Å²) in [5, 5.41) is 0. The number of rotatable bonds is 3. The summed E-state index contributed by atoms with van der Waals surface area (Å²) in [6.45, 7) is 7.25. The highest BCUT2D eigenvalue weighted by atomic mass is 16.5. The van der Waals surface area contributed by atoms with E-state index in [1.807, 2.05) is 0 Å². The summed E-state index contributed by atoms with van der Waals surface area (Å²) in [4.78, 5) is 10.8. The van der Waals surface area contributed by atoms with Crippen molar-refractivity contribution in [2.24, 2.45) is 0 Å². The van der Waals surface area contributed by atoms with Gasteiger partial charge in [-0.2, -0.15) is 0 Å². The van der Waals surface area contributed by atoms with E-state index < -0.39 is 0 Å². The van der Waals surface area contributed by atoms with Gasteiger partial charge in [-0.05, 0) is 6.42 Å². The zero-order valence-corrected chi connectivity index (χ0v) is 9.58. The Hall–Kier alpha value is -0.570. The van der Waals surface area contributed by atoms with E-state index in [1.54, 1.807) is 0 Å². The summed E-state index contributed by atoms with van der Waals surface area (Å²) in [6.07, 6.45) is 3.46. The van der Waals surface area contributed by atoms with Crippen molar-refractivity contribution < 1.29 is 14.0 Å².